The molecule has 31 heavy (non-hydrogen) atoms. The molecular formula is C20H21Cl2N3O6. The first kappa shape index (κ1) is 22.9. The second-order valence-corrected chi connectivity index (χ2v) is 8.17. The first-order chi connectivity index (χ1) is 14.7. The standard InChI is InChI=1S/C20H21Cl2N3O6/c21-13-7-6-11(8-14(13)22)10-24-18(29)16(17(28)23-9-15(26)27)19(30)25(20(24)31)12-4-2-1-3-5-12/h6-8,12,30H,1-5,9-10H2,(H,23,28)(H,26,27). The maximum Gasteiger partial charge on any atom is 0.334 e. The Labute approximate surface area is 186 Å². The largest absolute Gasteiger partial charge is 0.494 e. The number of halogens is 2. The summed E-state index contributed by atoms with van der Waals surface area (Å²) in [6.45, 7) is -0.951. The van der Waals surface area contributed by atoms with Gasteiger partial charge in [-0.2, -0.15) is 0 Å². The highest BCUT2D eigenvalue weighted by Crippen LogP contribution is 2.30. The molecule has 1 aromatic heterocycles. The van der Waals surface area contributed by atoms with E-state index in [1.807, 2.05) is 0 Å². The van der Waals surface area contributed by atoms with Gasteiger partial charge < -0.3 is 15.5 Å². The van der Waals surface area contributed by atoms with Crippen LogP contribution in [0.2, 0.25) is 10.0 Å². The van der Waals surface area contributed by atoms with E-state index in [1.165, 1.54) is 12.1 Å². The second kappa shape index (κ2) is 9.57. The van der Waals surface area contributed by atoms with Gasteiger partial charge in [-0.3, -0.25) is 23.5 Å². The highest BCUT2D eigenvalue weighted by molar-refractivity contribution is 6.42. The molecule has 1 amide bonds. The van der Waals surface area contributed by atoms with Crippen LogP contribution in [0.4, 0.5) is 0 Å². The lowest BCUT2D eigenvalue weighted by Crippen LogP contribution is -2.46. The molecule has 166 valence electrons. The Morgan fingerprint density at radius 1 is 1.10 bits per heavy atom. The summed E-state index contributed by atoms with van der Waals surface area (Å²) in [5.41, 5.74) is -1.96. The zero-order chi connectivity index (χ0) is 22.7. The molecule has 3 rings (SSSR count). The highest BCUT2D eigenvalue weighted by atomic mass is 35.5. The van der Waals surface area contributed by atoms with Gasteiger partial charge >= 0.3 is 11.7 Å². The topological polar surface area (TPSA) is 131 Å². The fourth-order valence-corrected chi connectivity index (χ4v) is 4.05. The zero-order valence-corrected chi connectivity index (χ0v) is 17.9. The number of carbonyl (C=O) groups excluding carboxylic acids is 1. The third-order valence-electron chi connectivity index (χ3n) is 5.24. The van der Waals surface area contributed by atoms with Crippen molar-refractivity contribution in [1.29, 1.82) is 0 Å². The molecule has 11 heteroatoms. The summed E-state index contributed by atoms with van der Waals surface area (Å²) in [6, 6.07) is 4.22. The highest BCUT2D eigenvalue weighted by Gasteiger charge is 2.29. The molecule has 1 fully saturated rings. The van der Waals surface area contributed by atoms with E-state index in [0.717, 1.165) is 28.4 Å². The van der Waals surface area contributed by atoms with E-state index >= 15 is 0 Å². The number of carboxylic acid groups (broad SMARTS) is 1. The molecule has 1 saturated carbocycles. The molecule has 1 heterocycles. The number of benzene rings is 1. The lowest BCUT2D eigenvalue weighted by Gasteiger charge is -2.26. The van der Waals surface area contributed by atoms with E-state index in [1.54, 1.807) is 6.07 Å². The summed E-state index contributed by atoms with van der Waals surface area (Å²) < 4.78 is 1.90. The molecule has 1 aliphatic carbocycles. The molecule has 0 spiro atoms. The van der Waals surface area contributed by atoms with Crippen molar-refractivity contribution in [3.63, 3.8) is 0 Å². The number of aromatic nitrogens is 2. The molecule has 0 unspecified atom stereocenters. The van der Waals surface area contributed by atoms with Gasteiger partial charge in [-0.25, -0.2) is 4.79 Å². The minimum Gasteiger partial charge on any atom is -0.494 e. The van der Waals surface area contributed by atoms with Gasteiger partial charge in [-0.15, -0.1) is 0 Å². The van der Waals surface area contributed by atoms with Crippen molar-refractivity contribution >= 4 is 35.1 Å². The van der Waals surface area contributed by atoms with Crippen LogP contribution in [-0.4, -0.2) is 37.8 Å². The molecule has 0 bridgehead atoms. The predicted octanol–water partition coefficient (Wildman–Crippen LogP) is 2.39. The molecule has 1 aliphatic rings. The maximum atomic E-state index is 13.2. The molecule has 9 nitrogen and oxygen atoms in total. The molecular weight excluding hydrogens is 449 g/mol. The molecule has 1 aromatic carbocycles. The van der Waals surface area contributed by atoms with Crippen molar-refractivity contribution in [3.8, 4) is 5.88 Å². The van der Waals surface area contributed by atoms with Gasteiger partial charge in [0.1, 0.15) is 6.54 Å². The second-order valence-electron chi connectivity index (χ2n) is 7.36. The Morgan fingerprint density at radius 2 is 1.77 bits per heavy atom. The van der Waals surface area contributed by atoms with E-state index < -0.39 is 41.1 Å². The molecule has 0 aliphatic heterocycles. The summed E-state index contributed by atoms with van der Waals surface area (Å²) in [7, 11) is 0. The van der Waals surface area contributed by atoms with Gasteiger partial charge in [0.2, 0.25) is 5.88 Å². The van der Waals surface area contributed by atoms with Crippen molar-refractivity contribution in [2.24, 2.45) is 0 Å². The molecule has 2 aromatic rings. The number of aliphatic carboxylic acids is 1. The van der Waals surface area contributed by atoms with Crippen molar-refractivity contribution in [2.75, 3.05) is 6.54 Å². The van der Waals surface area contributed by atoms with Crippen LogP contribution in [0.25, 0.3) is 0 Å². The first-order valence-corrected chi connectivity index (χ1v) is 10.5. The summed E-state index contributed by atoms with van der Waals surface area (Å²) in [5, 5.41) is 22.1. The summed E-state index contributed by atoms with van der Waals surface area (Å²) in [5.74, 6) is -3.14. The Kier molecular flexibility index (Phi) is 7.07. The van der Waals surface area contributed by atoms with Crippen molar-refractivity contribution in [3.05, 3.63) is 60.2 Å². The van der Waals surface area contributed by atoms with Crippen LogP contribution >= 0.6 is 23.2 Å². The van der Waals surface area contributed by atoms with Crippen LogP contribution in [0.5, 0.6) is 5.88 Å². The summed E-state index contributed by atoms with van der Waals surface area (Å²) >= 11 is 11.9. The van der Waals surface area contributed by atoms with Gasteiger partial charge in [-0.1, -0.05) is 48.5 Å². The van der Waals surface area contributed by atoms with Gasteiger partial charge in [0.15, 0.2) is 5.56 Å². The Hall–Kier alpha value is -2.78. The van der Waals surface area contributed by atoms with Gasteiger partial charge in [0.05, 0.1) is 16.6 Å². The molecule has 3 N–H and O–H groups in total. The van der Waals surface area contributed by atoms with E-state index in [-0.39, 0.29) is 17.6 Å². The smallest absolute Gasteiger partial charge is 0.334 e. The van der Waals surface area contributed by atoms with Crippen LogP contribution in [0.3, 0.4) is 0 Å². The number of carboxylic acids is 1. The lowest BCUT2D eigenvalue weighted by molar-refractivity contribution is -0.135. The normalized spacial score (nSPS) is 14.4. The number of rotatable bonds is 6. The number of amides is 1. The zero-order valence-electron chi connectivity index (χ0n) is 16.4. The maximum absolute atomic E-state index is 13.2. The van der Waals surface area contributed by atoms with Gasteiger partial charge in [-0.05, 0) is 30.5 Å². The number of hydrogen-bond acceptors (Lipinski definition) is 5. The Bertz CT molecular complexity index is 1130. The minimum absolute atomic E-state index is 0.208. The van der Waals surface area contributed by atoms with Crippen LogP contribution in [0.15, 0.2) is 27.8 Å². The first-order valence-electron chi connectivity index (χ1n) is 9.73. The van der Waals surface area contributed by atoms with Gasteiger partial charge in [0, 0.05) is 6.04 Å². The number of hydrogen-bond donors (Lipinski definition) is 3. The Morgan fingerprint density at radius 3 is 2.39 bits per heavy atom. The summed E-state index contributed by atoms with van der Waals surface area (Å²) in [4.78, 5) is 49.5. The van der Waals surface area contributed by atoms with Crippen LogP contribution in [0, 0.1) is 0 Å². The molecule has 0 atom stereocenters. The fourth-order valence-electron chi connectivity index (χ4n) is 3.73. The quantitative estimate of drug-likeness (QED) is 0.595. The number of nitrogens with one attached hydrogen (secondary N) is 1. The number of carbonyl (C=O) groups is 2. The predicted molar refractivity (Wildman–Crippen MR) is 114 cm³/mol. The average Bonchev–Trinajstić information content (AvgIpc) is 2.73. The van der Waals surface area contributed by atoms with Crippen molar-refractivity contribution in [1.82, 2.24) is 14.5 Å². The minimum atomic E-state index is -1.32. The third-order valence-corrected chi connectivity index (χ3v) is 5.98. The van der Waals surface area contributed by atoms with Crippen LogP contribution in [-0.2, 0) is 11.3 Å². The molecule has 0 radical (unpaired) electrons. The van der Waals surface area contributed by atoms with Crippen LogP contribution in [0.1, 0.15) is 54.1 Å². The number of aromatic hydroxyl groups is 1. The van der Waals surface area contributed by atoms with Crippen molar-refractivity contribution < 1.29 is 19.8 Å². The fraction of sp³-hybridized carbons (Fsp3) is 0.400. The van der Waals surface area contributed by atoms with Gasteiger partial charge in [0.25, 0.3) is 11.5 Å². The summed E-state index contributed by atoms with van der Waals surface area (Å²) in [6.07, 6.45) is 3.87. The van der Waals surface area contributed by atoms with Crippen molar-refractivity contribution in [2.45, 2.75) is 44.7 Å². The number of nitrogens with zero attached hydrogens (tertiary/aromatic N) is 2. The average molecular weight is 470 g/mol. The Balaban J connectivity index is 2.15. The van der Waals surface area contributed by atoms with Crippen LogP contribution < -0.4 is 16.6 Å². The SMILES string of the molecule is O=C(O)CNC(=O)c1c(O)n(C2CCCCC2)c(=O)n(Cc2ccc(Cl)c(Cl)c2)c1=O. The van der Waals surface area contributed by atoms with E-state index in [9.17, 15) is 24.3 Å². The lowest BCUT2D eigenvalue weighted by atomic mass is 9.95. The van der Waals surface area contributed by atoms with E-state index in [2.05, 4.69) is 5.32 Å². The van der Waals surface area contributed by atoms with E-state index in [4.69, 9.17) is 28.3 Å². The third kappa shape index (κ3) is 4.94. The molecule has 0 saturated heterocycles. The monoisotopic (exact) mass is 469 g/mol. The van der Waals surface area contributed by atoms with E-state index in [0.29, 0.717) is 23.4 Å².